The lowest BCUT2D eigenvalue weighted by atomic mass is 10.0. The summed E-state index contributed by atoms with van der Waals surface area (Å²) in [6, 6.07) is 24.1. The molecule has 36 heavy (non-hydrogen) atoms. The molecular formula is C29H28Cl2N2O3. The fourth-order valence-corrected chi connectivity index (χ4v) is 4.63. The highest BCUT2D eigenvalue weighted by Crippen LogP contribution is 2.31. The van der Waals surface area contributed by atoms with E-state index in [1.54, 1.807) is 12.5 Å². The third-order valence-corrected chi connectivity index (χ3v) is 6.81. The maximum Gasteiger partial charge on any atom is 0.187 e. The summed E-state index contributed by atoms with van der Waals surface area (Å²) in [4.78, 5) is 4.16. The van der Waals surface area contributed by atoms with Crippen molar-refractivity contribution in [3.8, 4) is 11.1 Å². The molecule has 2 unspecified atom stereocenters. The second-order valence-electron chi connectivity index (χ2n) is 9.04. The van der Waals surface area contributed by atoms with Gasteiger partial charge in [0.1, 0.15) is 6.10 Å². The van der Waals surface area contributed by atoms with E-state index in [4.69, 9.17) is 37.4 Å². The Morgan fingerprint density at radius 2 is 1.53 bits per heavy atom. The lowest BCUT2D eigenvalue weighted by Crippen LogP contribution is -2.37. The number of ether oxygens (including phenoxy) is 3. The predicted molar refractivity (Wildman–Crippen MR) is 142 cm³/mol. The van der Waals surface area contributed by atoms with Crippen molar-refractivity contribution in [1.29, 1.82) is 0 Å². The van der Waals surface area contributed by atoms with Gasteiger partial charge in [0.25, 0.3) is 0 Å². The van der Waals surface area contributed by atoms with Gasteiger partial charge in [-0.1, -0.05) is 71.7 Å². The summed E-state index contributed by atoms with van der Waals surface area (Å²) in [7, 11) is 0. The molecule has 5 nitrogen and oxygen atoms in total. The Morgan fingerprint density at radius 1 is 0.889 bits per heavy atom. The molecular weight excluding hydrogens is 495 g/mol. The van der Waals surface area contributed by atoms with Crippen molar-refractivity contribution in [3.05, 3.63) is 113 Å². The van der Waals surface area contributed by atoms with Crippen molar-refractivity contribution >= 4 is 23.2 Å². The van der Waals surface area contributed by atoms with E-state index in [2.05, 4.69) is 29.2 Å². The standard InChI is InChI=1S/C29H28Cl2N2O3/c30-26-9-3-22(4-10-26)13-14-29(20-33-16-15-32-21-33)35-19-28(36-29)18-34-17-23-1-5-24(6-2-23)25-7-11-27(31)12-8-25/h1-12,15-16,21,28H,13-14,17-20H2. The predicted octanol–water partition coefficient (Wildman–Crippen LogP) is 6.82. The van der Waals surface area contributed by atoms with E-state index >= 15 is 0 Å². The topological polar surface area (TPSA) is 45.5 Å². The van der Waals surface area contributed by atoms with Crippen LogP contribution in [0, 0.1) is 0 Å². The summed E-state index contributed by atoms with van der Waals surface area (Å²) in [5, 5.41) is 1.47. The molecule has 0 N–H and O–H groups in total. The summed E-state index contributed by atoms with van der Waals surface area (Å²) in [5.74, 6) is -0.728. The van der Waals surface area contributed by atoms with Crippen LogP contribution in [0.2, 0.25) is 10.0 Å². The van der Waals surface area contributed by atoms with Crippen LogP contribution in [0.1, 0.15) is 17.5 Å². The van der Waals surface area contributed by atoms with E-state index in [0.29, 0.717) is 26.4 Å². The van der Waals surface area contributed by atoms with Crippen LogP contribution in [0.15, 0.2) is 91.5 Å². The van der Waals surface area contributed by atoms with Crippen LogP contribution in [0.3, 0.4) is 0 Å². The SMILES string of the molecule is Clc1ccc(CCC2(Cn3ccnc3)OCC(COCc3ccc(-c4ccc(Cl)cc4)cc3)O2)cc1. The minimum Gasteiger partial charge on any atom is -0.374 e. The van der Waals surface area contributed by atoms with Gasteiger partial charge in [-0.15, -0.1) is 0 Å². The largest absolute Gasteiger partial charge is 0.374 e. The molecule has 2 heterocycles. The molecule has 1 aliphatic rings. The quantitative estimate of drug-likeness (QED) is 0.229. The van der Waals surface area contributed by atoms with Crippen molar-refractivity contribution in [3.63, 3.8) is 0 Å². The molecule has 3 aromatic carbocycles. The van der Waals surface area contributed by atoms with E-state index in [0.717, 1.165) is 39.6 Å². The number of nitrogens with zero attached hydrogens (tertiary/aromatic N) is 2. The van der Waals surface area contributed by atoms with Gasteiger partial charge in [-0.2, -0.15) is 0 Å². The average Bonchev–Trinajstić information content (AvgIpc) is 3.55. The minimum absolute atomic E-state index is 0.132. The maximum atomic E-state index is 6.46. The molecule has 5 rings (SSSR count). The van der Waals surface area contributed by atoms with Gasteiger partial charge in [0, 0.05) is 28.9 Å². The van der Waals surface area contributed by atoms with Crippen LogP contribution in [-0.4, -0.2) is 34.7 Å². The number of hydrogen-bond acceptors (Lipinski definition) is 4. The average molecular weight is 523 g/mol. The Balaban J connectivity index is 1.15. The number of hydrogen-bond donors (Lipinski definition) is 0. The number of aromatic nitrogens is 2. The molecule has 1 aromatic heterocycles. The molecule has 2 atom stereocenters. The van der Waals surface area contributed by atoms with Gasteiger partial charge in [-0.05, 0) is 52.9 Å². The fraction of sp³-hybridized carbons (Fsp3) is 0.276. The first-order chi connectivity index (χ1) is 17.6. The zero-order chi connectivity index (χ0) is 24.8. The highest BCUT2D eigenvalue weighted by Gasteiger charge is 2.41. The molecule has 1 saturated heterocycles. The van der Waals surface area contributed by atoms with Crippen LogP contribution in [0.4, 0.5) is 0 Å². The van der Waals surface area contributed by atoms with Crippen molar-refractivity contribution in [2.45, 2.75) is 37.9 Å². The van der Waals surface area contributed by atoms with Gasteiger partial charge in [-0.25, -0.2) is 4.98 Å². The molecule has 0 radical (unpaired) electrons. The Kier molecular flexibility index (Phi) is 8.05. The first-order valence-electron chi connectivity index (χ1n) is 12.0. The van der Waals surface area contributed by atoms with E-state index < -0.39 is 5.79 Å². The number of imidazole rings is 1. The van der Waals surface area contributed by atoms with Crippen LogP contribution in [0.5, 0.6) is 0 Å². The van der Waals surface area contributed by atoms with E-state index in [1.807, 2.05) is 59.3 Å². The highest BCUT2D eigenvalue weighted by atomic mass is 35.5. The summed E-state index contributed by atoms with van der Waals surface area (Å²) in [6.07, 6.45) is 6.88. The Morgan fingerprint density at radius 3 is 2.19 bits per heavy atom. The lowest BCUT2D eigenvalue weighted by Gasteiger charge is -2.28. The van der Waals surface area contributed by atoms with Gasteiger partial charge < -0.3 is 18.8 Å². The molecule has 1 fully saturated rings. The molecule has 1 aliphatic heterocycles. The van der Waals surface area contributed by atoms with E-state index in [9.17, 15) is 0 Å². The second kappa shape index (κ2) is 11.6. The third kappa shape index (κ3) is 6.55. The number of halogens is 2. The van der Waals surface area contributed by atoms with Crippen molar-refractivity contribution in [1.82, 2.24) is 9.55 Å². The van der Waals surface area contributed by atoms with Crippen LogP contribution in [0.25, 0.3) is 11.1 Å². The van der Waals surface area contributed by atoms with Crippen LogP contribution >= 0.6 is 23.2 Å². The summed E-state index contributed by atoms with van der Waals surface area (Å²) in [6.45, 7) is 2.04. The van der Waals surface area contributed by atoms with Crippen molar-refractivity contribution < 1.29 is 14.2 Å². The van der Waals surface area contributed by atoms with E-state index in [-0.39, 0.29) is 6.10 Å². The summed E-state index contributed by atoms with van der Waals surface area (Å²) >= 11 is 12.0. The van der Waals surface area contributed by atoms with Gasteiger partial charge in [-0.3, -0.25) is 0 Å². The molecule has 0 aliphatic carbocycles. The zero-order valence-electron chi connectivity index (χ0n) is 19.9. The number of aryl methyl sites for hydroxylation is 1. The van der Waals surface area contributed by atoms with Crippen LogP contribution < -0.4 is 0 Å². The molecule has 0 bridgehead atoms. The lowest BCUT2D eigenvalue weighted by molar-refractivity contribution is -0.187. The van der Waals surface area contributed by atoms with Gasteiger partial charge in [0.05, 0.1) is 32.7 Å². The Labute approximate surface area is 221 Å². The molecule has 7 heteroatoms. The normalized spacial score (nSPS) is 19.6. The maximum absolute atomic E-state index is 6.46. The zero-order valence-corrected chi connectivity index (χ0v) is 21.4. The molecule has 186 valence electrons. The van der Waals surface area contributed by atoms with Crippen LogP contribution in [-0.2, 0) is 33.8 Å². The minimum atomic E-state index is -0.728. The first-order valence-corrected chi connectivity index (χ1v) is 12.8. The Hall–Kier alpha value is -2.67. The third-order valence-electron chi connectivity index (χ3n) is 6.31. The van der Waals surface area contributed by atoms with Gasteiger partial charge >= 0.3 is 0 Å². The van der Waals surface area contributed by atoms with Crippen molar-refractivity contribution in [2.24, 2.45) is 0 Å². The summed E-state index contributed by atoms with van der Waals surface area (Å²) < 4.78 is 20.7. The summed E-state index contributed by atoms with van der Waals surface area (Å²) in [5.41, 5.74) is 4.58. The van der Waals surface area contributed by atoms with Gasteiger partial charge in [0.15, 0.2) is 5.79 Å². The van der Waals surface area contributed by atoms with E-state index in [1.165, 1.54) is 5.56 Å². The molecule has 0 amide bonds. The molecule has 0 saturated carbocycles. The monoisotopic (exact) mass is 522 g/mol. The number of rotatable bonds is 10. The fourth-order valence-electron chi connectivity index (χ4n) is 4.38. The van der Waals surface area contributed by atoms with Gasteiger partial charge in [0.2, 0.25) is 0 Å². The smallest absolute Gasteiger partial charge is 0.187 e. The first kappa shape index (κ1) is 25.0. The Bertz CT molecular complexity index is 1230. The molecule has 4 aromatic rings. The number of benzene rings is 3. The molecule has 0 spiro atoms. The highest BCUT2D eigenvalue weighted by molar-refractivity contribution is 6.30. The van der Waals surface area contributed by atoms with Crippen molar-refractivity contribution in [2.75, 3.05) is 13.2 Å². The second-order valence-corrected chi connectivity index (χ2v) is 9.91.